The smallest absolute Gasteiger partial charge is 0.356 e. The van der Waals surface area contributed by atoms with Crippen molar-refractivity contribution in [2.75, 3.05) is 18.0 Å². The quantitative estimate of drug-likeness (QED) is 0.410. The number of aryl methyl sites for hydroxylation is 1. The maximum absolute atomic E-state index is 13.8. The van der Waals surface area contributed by atoms with Gasteiger partial charge in [-0.2, -0.15) is 22.8 Å². The number of pyridine rings is 2. The van der Waals surface area contributed by atoms with E-state index in [9.17, 15) is 21.6 Å². The highest BCUT2D eigenvalue weighted by molar-refractivity contribution is 7.90. The fourth-order valence-electron chi connectivity index (χ4n) is 4.49. The van der Waals surface area contributed by atoms with Crippen LogP contribution in [0.2, 0.25) is 0 Å². The molecule has 38 heavy (non-hydrogen) atoms. The first-order valence-electron chi connectivity index (χ1n) is 12.1. The summed E-state index contributed by atoms with van der Waals surface area (Å²) >= 11 is 0. The molecule has 3 heterocycles. The number of rotatable bonds is 6. The Morgan fingerprint density at radius 1 is 1.03 bits per heavy atom. The van der Waals surface area contributed by atoms with Gasteiger partial charge in [-0.3, -0.25) is 4.98 Å². The molecule has 7 nitrogen and oxygen atoms in total. The second kappa shape index (κ2) is 12.3. The maximum Gasteiger partial charge on any atom is 0.418 e. The standard InChI is InChI=1S/C26H28F3N3O2S.CO2/c1-3-19-9-4-5-10-21(19)25-22(26(27,28)29)14-13-20(30-25)17-35(33,34)24-12-6-11-23(31-24)32-15-7-8-18(2)16-32;2-1-3/h4-6,9-14,18H,3,7-8,15-17H2,1-2H3;/t18-;/m0./s1. The summed E-state index contributed by atoms with van der Waals surface area (Å²) in [4.78, 5) is 26.9. The normalized spacial score (nSPS) is 15.8. The fourth-order valence-corrected chi connectivity index (χ4v) is 5.71. The molecule has 0 bridgehead atoms. The van der Waals surface area contributed by atoms with Crippen LogP contribution in [0.25, 0.3) is 11.3 Å². The first-order chi connectivity index (χ1) is 18.0. The molecule has 1 atom stereocenters. The number of sulfone groups is 1. The van der Waals surface area contributed by atoms with Crippen LogP contribution in [0.1, 0.15) is 43.5 Å². The van der Waals surface area contributed by atoms with Crippen molar-refractivity contribution in [3.63, 3.8) is 0 Å². The third kappa shape index (κ3) is 7.05. The molecule has 1 saturated heterocycles. The van der Waals surface area contributed by atoms with Gasteiger partial charge in [-0.25, -0.2) is 13.4 Å². The van der Waals surface area contributed by atoms with Gasteiger partial charge in [0.25, 0.3) is 0 Å². The van der Waals surface area contributed by atoms with Gasteiger partial charge in [0.2, 0.25) is 9.84 Å². The summed E-state index contributed by atoms with van der Waals surface area (Å²) in [5.74, 6) is 0.543. The number of hydrogen-bond acceptors (Lipinski definition) is 7. The van der Waals surface area contributed by atoms with Crippen LogP contribution in [0.15, 0.2) is 59.6 Å². The third-order valence-corrected chi connectivity index (χ3v) is 7.80. The van der Waals surface area contributed by atoms with E-state index in [0.29, 0.717) is 29.3 Å². The van der Waals surface area contributed by atoms with Crippen LogP contribution < -0.4 is 4.90 Å². The summed E-state index contributed by atoms with van der Waals surface area (Å²) < 4.78 is 67.8. The summed E-state index contributed by atoms with van der Waals surface area (Å²) in [5.41, 5.74) is -0.0557. The predicted octanol–water partition coefficient (Wildman–Crippen LogP) is 5.35. The molecule has 1 aromatic carbocycles. The van der Waals surface area contributed by atoms with Gasteiger partial charge in [-0.05, 0) is 55.0 Å². The lowest BCUT2D eigenvalue weighted by atomic mass is 9.98. The van der Waals surface area contributed by atoms with Gasteiger partial charge in [0.1, 0.15) is 5.82 Å². The molecule has 11 heteroatoms. The molecule has 0 unspecified atom stereocenters. The van der Waals surface area contributed by atoms with Crippen molar-refractivity contribution in [3.05, 3.63) is 71.4 Å². The Hall–Kier alpha value is -3.56. The number of nitrogens with zero attached hydrogens (tertiary/aromatic N) is 3. The lowest BCUT2D eigenvalue weighted by Crippen LogP contribution is -2.35. The number of alkyl halides is 3. The molecule has 1 aliphatic rings. The van der Waals surface area contributed by atoms with E-state index >= 15 is 0 Å². The highest BCUT2D eigenvalue weighted by Crippen LogP contribution is 2.37. The average molecular weight is 548 g/mol. The van der Waals surface area contributed by atoms with Crippen LogP contribution in [0.4, 0.5) is 19.0 Å². The van der Waals surface area contributed by atoms with Crippen LogP contribution in [-0.4, -0.2) is 37.6 Å². The van der Waals surface area contributed by atoms with E-state index in [0.717, 1.165) is 38.1 Å². The van der Waals surface area contributed by atoms with E-state index in [4.69, 9.17) is 9.59 Å². The Bertz CT molecular complexity index is 1400. The van der Waals surface area contributed by atoms with Gasteiger partial charge in [0.15, 0.2) is 5.03 Å². The van der Waals surface area contributed by atoms with Gasteiger partial charge in [-0.15, -0.1) is 0 Å². The Morgan fingerprint density at radius 2 is 1.74 bits per heavy atom. The van der Waals surface area contributed by atoms with Crippen LogP contribution in [-0.2, 0) is 37.8 Å². The zero-order valence-electron chi connectivity index (χ0n) is 21.0. The van der Waals surface area contributed by atoms with Crippen molar-refractivity contribution < 1.29 is 31.2 Å². The SMILES string of the molecule is CCc1ccccc1-c1nc(CS(=O)(=O)c2cccc(N3CCC[C@H](C)C3)n2)ccc1C(F)(F)F.O=C=O. The largest absolute Gasteiger partial charge is 0.418 e. The molecule has 3 aromatic rings. The van der Waals surface area contributed by atoms with Crippen molar-refractivity contribution in [1.29, 1.82) is 0 Å². The van der Waals surface area contributed by atoms with E-state index in [1.807, 2.05) is 6.92 Å². The molecule has 0 N–H and O–H groups in total. The van der Waals surface area contributed by atoms with Crippen LogP contribution in [0.3, 0.4) is 0 Å². The zero-order valence-corrected chi connectivity index (χ0v) is 21.8. The van der Waals surface area contributed by atoms with Crippen molar-refractivity contribution in [2.24, 2.45) is 5.92 Å². The molecule has 202 valence electrons. The lowest BCUT2D eigenvalue weighted by molar-refractivity contribution is -0.191. The topological polar surface area (TPSA) is 97.3 Å². The zero-order chi connectivity index (χ0) is 27.9. The average Bonchev–Trinajstić information content (AvgIpc) is 2.88. The molecule has 4 rings (SSSR count). The summed E-state index contributed by atoms with van der Waals surface area (Å²) in [7, 11) is -3.93. The van der Waals surface area contributed by atoms with Crippen molar-refractivity contribution in [1.82, 2.24) is 9.97 Å². The van der Waals surface area contributed by atoms with Crippen LogP contribution in [0.5, 0.6) is 0 Å². The van der Waals surface area contributed by atoms with E-state index in [1.165, 1.54) is 6.07 Å². The molecular weight excluding hydrogens is 519 g/mol. The molecule has 2 aromatic heterocycles. The number of benzene rings is 1. The highest BCUT2D eigenvalue weighted by atomic mass is 32.2. The van der Waals surface area contributed by atoms with Gasteiger partial charge >= 0.3 is 12.3 Å². The molecule has 0 amide bonds. The number of aromatic nitrogens is 2. The number of carbonyl (C=O) groups excluding carboxylic acids is 2. The van der Waals surface area contributed by atoms with Gasteiger partial charge in [0.05, 0.1) is 22.7 Å². The van der Waals surface area contributed by atoms with Crippen LogP contribution >= 0.6 is 0 Å². The lowest BCUT2D eigenvalue weighted by Gasteiger charge is -2.32. The second-order valence-electron chi connectivity index (χ2n) is 9.08. The predicted molar refractivity (Wildman–Crippen MR) is 135 cm³/mol. The van der Waals surface area contributed by atoms with E-state index in [-0.39, 0.29) is 22.6 Å². The molecular formula is C27H28F3N3O4S. The molecule has 1 fully saturated rings. The van der Waals surface area contributed by atoms with Gasteiger partial charge in [-0.1, -0.05) is 44.2 Å². The summed E-state index contributed by atoms with van der Waals surface area (Å²) in [5, 5.41) is -0.106. The first-order valence-corrected chi connectivity index (χ1v) is 13.7. The molecule has 0 aliphatic carbocycles. The molecule has 1 aliphatic heterocycles. The minimum Gasteiger partial charge on any atom is -0.356 e. The molecule has 0 radical (unpaired) electrons. The Labute approximate surface area is 219 Å². The maximum atomic E-state index is 13.8. The van der Waals surface area contributed by atoms with E-state index < -0.39 is 27.3 Å². The summed E-state index contributed by atoms with van der Waals surface area (Å²) in [6, 6.07) is 13.6. The van der Waals surface area contributed by atoms with Crippen molar-refractivity contribution >= 4 is 21.8 Å². The number of anilines is 1. The number of halogens is 3. The van der Waals surface area contributed by atoms with Crippen molar-refractivity contribution in [3.8, 4) is 11.3 Å². The van der Waals surface area contributed by atoms with Gasteiger partial charge in [0, 0.05) is 18.7 Å². The number of hydrogen-bond donors (Lipinski definition) is 0. The highest BCUT2D eigenvalue weighted by Gasteiger charge is 2.35. The fraction of sp³-hybridized carbons (Fsp3) is 0.370. The Kier molecular flexibility index (Phi) is 9.40. The summed E-state index contributed by atoms with van der Waals surface area (Å²) in [6.07, 6.45) is -1.72. The third-order valence-electron chi connectivity index (χ3n) is 6.26. The Balaban J connectivity index is 0.00000127. The summed E-state index contributed by atoms with van der Waals surface area (Å²) in [6.45, 7) is 5.61. The second-order valence-corrected chi connectivity index (χ2v) is 11.0. The number of piperidine rings is 1. The molecule has 0 spiro atoms. The van der Waals surface area contributed by atoms with Crippen LogP contribution in [0, 0.1) is 5.92 Å². The molecule has 0 saturated carbocycles. The van der Waals surface area contributed by atoms with E-state index in [1.54, 1.807) is 36.4 Å². The first kappa shape index (κ1) is 29.0. The monoisotopic (exact) mass is 547 g/mol. The minimum absolute atomic E-state index is 0.0395. The Morgan fingerprint density at radius 3 is 2.39 bits per heavy atom. The van der Waals surface area contributed by atoms with Crippen molar-refractivity contribution in [2.45, 2.75) is 50.1 Å². The minimum atomic E-state index is -4.62. The van der Waals surface area contributed by atoms with E-state index in [2.05, 4.69) is 21.8 Å². The van der Waals surface area contributed by atoms with Gasteiger partial charge < -0.3 is 4.90 Å².